The predicted octanol–water partition coefficient (Wildman–Crippen LogP) is 4.88. The van der Waals surface area contributed by atoms with Crippen LogP contribution in [0.15, 0.2) is 42.5 Å². The molecule has 0 unspecified atom stereocenters. The Morgan fingerprint density at radius 2 is 1.73 bits per heavy atom. The molecule has 0 radical (unpaired) electrons. The molecule has 2 amide bonds. The van der Waals surface area contributed by atoms with Gasteiger partial charge in [-0.05, 0) is 62.6 Å². The number of methoxy groups -OCH3 is 1. The molecular weight excluding hydrogens is 537 g/mol. The van der Waals surface area contributed by atoms with Crippen LogP contribution in [0.4, 0.5) is 5.69 Å². The zero-order valence-corrected chi connectivity index (χ0v) is 24.2. The molecule has 0 aliphatic carbocycles. The van der Waals surface area contributed by atoms with Gasteiger partial charge in [-0.15, -0.1) is 0 Å². The number of carbonyl (C=O) groups excluding carboxylic acids is 2. The Kier molecular flexibility index (Phi) is 11.5. The Morgan fingerprint density at radius 1 is 1.08 bits per heavy atom. The van der Waals surface area contributed by atoms with Crippen LogP contribution in [0.1, 0.15) is 45.6 Å². The summed E-state index contributed by atoms with van der Waals surface area (Å²) >= 11 is 12.2. The fourth-order valence-electron chi connectivity index (χ4n) is 3.65. The largest absolute Gasteiger partial charge is 0.495 e. The maximum Gasteiger partial charge on any atom is 0.242 e. The van der Waals surface area contributed by atoms with Gasteiger partial charge in [0.25, 0.3) is 0 Å². The first kappa shape index (κ1) is 30.7. The molecule has 8 nitrogen and oxygen atoms in total. The van der Waals surface area contributed by atoms with Crippen LogP contribution in [0.25, 0.3) is 0 Å². The standard InChI is InChI=1S/C26H35Cl2N3O5S/c1-6-18(2)29-26(33)19(3)30(17-20-9-11-21(27)12-10-20)25(32)8-7-15-31(37(5,34)35)22-13-14-24(36-4)23(28)16-22/h9-14,16,18-19H,6-8,15,17H2,1-5H3,(H,29,33)/t18-,19-/m1/s1. The molecule has 2 rings (SSSR count). The summed E-state index contributed by atoms with van der Waals surface area (Å²) in [6.45, 7) is 5.84. The number of nitrogens with zero attached hydrogens (tertiary/aromatic N) is 2. The number of nitrogens with one attached hydrogen (secondary N) is 1. The van der Waals surface area contributed by atoms with Gasteiger partial charge in [0.2, 0.25) is 21.8 Å². The van der Waals surface area contributed by atoms with Gasteiger partial charge < -0.3 is 15.0 Å². The van der Waals surface area contributed by atoms with E-state index in [-0.39, 0.29) is 48.8 Å². The minimum Gasteiger partial charge on any atom is -0.495 e. The Bertz CT molecular complexity index is 1180. The molecule has 0 fully saturated rings. The lowest BCUT2D eigenvalue weighted by molar-refractivity contribution is -0.140. The van der Waals surface area contributed by atoms with Gasteiger partial charge in [-0.1, -0.05) is 42.3 Å². The maximum absolute atomic E-state index is 13.3. The average Bonchev–Trinajstić information content (AvgIpc) is 2.84. The molecule has 204 valence electrons. The van der Waals surface area contributed by atoms with E-state index in [9.17, 15) is 18.0 Å². The van der Waals surface area contributed by atoms with Crippen LogP contribution in [0.2, 0.25) is 10.0 Å². The topological polar surface area (TPSA) is 96.0 Å². The molecule has 1 N–H and O–H groups in total. The summed E-state index contributed by atoms with van der Waals surface area (Å²) in [6.07, 6.45) is 2.15. The summed E-state index contributed by atoms with van der Waals surface area (Å²) in [5, 5.41) is 3.78. The van der Waals surface area contributed by atoms with Crippen molar-refractivity contribution in [2.24, 2.45) is 0 Å². The van der Waals surface area contributed by atoms with Crippen LogP contribution in [0.3, 0.4) is 0 Å². The van der Waals surface area contributed by atoms with E-state index in [4.69, 9.17) is 27.9 Å². The van der Waals surface area contributed by atoms with Crippen LogP contribution in [-0.2, 0) is 26.2 Å². The summed E-state index contributed by atoms with van der Waals surface area (Å²) in [7, 11) is -2.17. The minimum absolute atomic E-state index is 0.0259. The van der Waals surface area contributed by atoms with Crippen molar-refractivity contribution in [1.29, 1.82) is 0 Å². The fraction of sp³-hybridized carbons (Fsp3) is 0.462. The molecule has 0 saturated heterocycles. The number of rotatable bonds is 13. The third kappa shape index (κ3) is 9.09. The van der Waals surface area contributed by atoms with Crippen molar-refractivity contribution in [3.63, 3.8) is 0 Å². The van der Waals surface area contributed by atoms with Crippen molar-refractivity contribution in [1.82, 2.24) is 10.2 Å². The highest BCUT2D eigenvalue weighted by Gasteiger charge is 2.27. The van der Waals surface area contributed by atoms with E-state index in [0.717, 1.165) is 18.2 Å². The smallest absolute Gasteiger partial charge is 0.242 e. The lowest BCUT2D eigenvalue weighted by atomic mass is 10.1. The Labute approximate surface area is 229 Å². The molecule has 0 bridgehead atoms. The first-order chi connectivity index (χ1) is 17.4. The lowest BCUT2D eigenvalue weighted by Crippen LogP contribution is -2.49. The molecule has 0 saturated carbocycles. The second-order valence-electron chi connectivity index (χ2n) is 8.90. The molecule has 0 aromatic heterocycles. The van der Waals surface area contributed by atoms with Gasteiger partial charge >= 0.3 is 0 Å². The highest BCUT2D eigenvalue weighted by molar-refractivity contribution is 7.92. The first-order valence-corrected chi connectivity index (χ1v) is 14.6. The number of sulfonamides is 1. The van der Waals surface area contributed by atoms with E-state index < -0.39 is 16.1 Å². The summed E-state index contributed by atoms with van der Waals surface area (Å²) < 4.78 is 31.3. The second kappa shape index (κ2) is 13.9. The predicted molar refractivity (Wildman–Crippen MR) is 149 cm³/mol. The van der Waals surface area contributed by atoms with Crippen molar-refractivity contribution in [3.05, 3.63) is 58.1 Å². The van der Waals surface area contributed by atoms with E-state index in [1.807, 2.05) is 13.8 Å². The molecule has 0 aliphatic heterocycles. The summed E-state index contributed by atoms with van der Waals surface area (Å²) in [5.41, 5.74) is 1.20. The number of amides is 2. The van der Waals surface area contributed by atoms with E-state index in [0.29, 0.717) is 16.5 Å². The number of ether oxygens (including phenoxy) is 1. The molecule has 2 aromatic rings. The molecule has 11 heteroatoms. The quantitative estimate of drug-likeness (QED) is 0.369. The van der Waals surface area contributed by atoms with Crippen molar-refractivity contribution in [2.75, 3.05) is 24.2 Å². The van der Waals surface area contributed by atoms with Crippen LogP contribution in [-0.4, -0.2) is 57.1 Å². The van der Waals surface area contributed by atoms with E-state index >= 15 is 0 Å². The van der Waals surface area contributed by atoms with Gasteiger partial charge in [-0.25, -0.2) is 8.42 Å². The van der Waals surface area contributed by atoms with Crippen LogP contribution < -0.4 is 14.4 Å². The third-order valence-corrected chi connectivity index (χ3v) is 7.75. The Balaban J connectivity index is 2.19. The molecule has 0 heterocycles. The van der Waals surface area contributed by atoms with Crippen LogP contribution in [0.5, 0.6) is 5.75 Å². The normalized spacial score (nSPS) is 12.9. The monoisotopic (exact) mass is 571 g/mol. The lowest BCUT2D eigenvalue weighted by Gasteiger charge is -2.30. The second-order valence-corrected chi connectivity index (χ2v) is 11.6. The maximum atomic E-state index is 13.3. The Morgan fingerprint density at radius 3 is 2.27 bits per heavy atom. The molecule has 2 atom stereocenters. The van der Waals surface area contributed by atoms with Gasteiger partial charge in [0.05, 0.1) is 24.1 Å². The molecule has 0 aliphatic rings. The molecule has 2 aromatic carbocycles. The average molecular weight is 573 g/mol. The van der Waals surface area contributed by atoms with Gasteiger partial charge in [0, 0.05) is 30.6 Å². The minimum atomic E-state index is -3.64. The summed E-state index contributed by atoms with van der Waals surface area (Å²) in [4.78, 5) is 27.7. The molecule has 0 spiro atoms. The zero-order valence-electron chi connectivity index (χ0n) is 21.8. The Hall–Kier alpha value is -2.49. The van der Waals surface area contributed by atoms with E-state index in [2.05, 4.69) is 5.32 Å². The van der Waals surface area contributed by atoms with Gasteiger partial charge in [-0.3, -0.25) is 13.9 Å². The first-order valence-electron chi connectivity index (χ1n) is 12.0. The highest BCUT2D eigenvalue weighted by atomic mass is 35.5. The molecule has 37 heavy (non-hydrogen) atoms. The van der Waals surface area contributed by atoms with Gasteiger partial charge in [0.15, 0.2) is 0 Å². The number of anilines is 1. The highest BCUT2D eigenvalue weighted by Crippen LogP contribution is 2.30. The van der Waals surface area contributed by atoms with Crippen LogP contribution >= 0.6 is 23.2 Å². The third-order valence-electron chi connectivity index (χ3n) is 6.01. The molecular formula is C26H35Cl2N3O5S. The van der Waals surface area contributed by atoms with Crippen molar-refractivity contribution in [3.8, 4) is 5.75 Å². The number of benzene rings is 2. The zero-order chi connectivity index (χ0) is 27.8. The number of carbonyl (C=O) groups is 2. The summed E-state index contributed by atoms with van der Waals surface area (Å²) in [6, 6.07) is 11.0. The SMILES string of the molecule is CC[C@@H](C)NC(=O)[C@@H](C)N(Cc1ccc(Cl)cc1)C(=O)CCCN(c1ccc(OC)c(Cl)c1)S(C)(=O)=O. The van der Waals surface area contributed by atoms with E-state index in [1.165, 1.54) is 22.4 Å². The van der Waals surface area contributed by atoms with Gasteiger partial charge in [0.1, 0.15) is 11.8 Å². The number of hydrogen-bond acceptors (Lipinski definition) is 5. The van der Waals surface area contributed by atoms with Crippen molar-refractivity contribution < 1.29 is 22.7 Å². The van der Waals surface area contributed by atoms with Crippen LogP contribution in [0, 0.1) is 0 Å². The van der Waals surface area contributed by atoms with Gasteiger partial charge in [-0.2, -0.15) is 0 Å². The number of halogens is 2. The van der Waals surface area contributed by atoms with E-state index in [1.54, 1.807) is 43.3 Å². The van der Waals surface area contributed by atoms with Crippen molar-refractivity contribution >= 4 is 50.7 Å². The summed E-state index contributed by atoms with van der Waals surface area (Å²) in [5.74, 6) is -0.0817. The van der Waals surface area contributed by atoms with Crippen molar-refractivity contribution in [2.45, 2.75) is 58.7 Å². The fourth-order valence-corrected chi connectivity index (χ4v) is 4.98. The number of hydrogen-bond donors (Lipinski definition) is 1.